The fraction of sp³-hybridized carbons (Fsp3) is 0.333. The lowest BCUT2D eigenvalue weighted by atomic mass is 10.2. The summed E-state index contributed by atoms with van der Waals surface area (Å²) in [6.45, 7) is 6.25. The van der Waals surface area contributed by atoms with Gasteiger partial charge in [0.2, 0.25) is 5.91 Å². The standard InChI is InChI=1S/C18H20N4O2S2/c1-10-11(2)26-18-15(10)17(24)21-14(22-18)9-25-12(3)16(23)20-8-13-4-6-19-7-5-13/h4-7,12H,8-9H2,1-3H3,(H,20,23)(H,21,22,24). The first kappa shape index (κ1) is 18.6. The number of hydrogen-bond acceptors (Lipinski definition) is 6. The van der Waals surface area contributed by atoms with Gasteiger partial charge in [-0.3, -0.25) is 14.6 Å². The Morgan fingerprint density at radius 1 is 1.35 bits per heavy atom. The lowest BCUT2D eigenvalue weighted by molar-refractivity contribution is -0.120. The van der Waals surface area contributed by atoms with Gasteiger partial charge in [0.05, 0.1) is 16.4 Å². The summed E-state index contributed by atoms with van der Waals surface area (Å²) in [5, 5.41) is 3.33. The molecule has 0 spiro atoms. The molecular formula is C18H20N4O2S2. The van der Waals surface area contributed by atoms with E-state index < -0.39 is 0 Å². The van der Waals surface area contributed by atoms with Gasteiger partial charge in [-0.1, -0.05) is 0 Å². The summed E-state index contributed by atoms with van der Waals surface area (Å²) >= 11 is 2.98. The Morgan fingerprint density at radius 3 is 2.81 bits per heavy atom. The van der Waals surface area contributed by atoms with Crippen LogP contribution in [0.4, 0.5) is 0 Å². The maximum atomic E-state index is 12.3. The predicted molar refractivity (Wildman–Crippen MR) is 107 cm³/mol. The number of aromatic nitrogens is 3. The van der Waals surface area contributed by atoms with Crippen LogP contribution >= 0.6 is 23.1 Å². The molecule has 3 rings (SSSR count). The smallest absolute Gasteiger partial charge is 0.259 e. The van der Waals surface area contributed by atoms with Crippen molar-refractivity contribution in [2.45, 2.75) is 38.3 Å². The number of fused-ring (bicyclic) bond motifs is 1. The molecule has 2 N–H and O–H groups in total. The third-order valence-corrected chi connectivity index (χ3v) is 6.40. The van der Waals surface area contributed by atoms with E-state index in [-0.39, 0.29) is 16.7 Å². The van der Waals surface area contributed by atoms with Crippen molar-refractivity contribution >= 4 is 39.2 Å². The highest BCUT2D eigenvalue weighted by atomic mass is 32.2. The van der Waals surface area contributed by atoms with E-state index in [0.717, 1.165) is 20.8 Å². The van der Waals surface area contributed by atoms with Crippen molar-refractivity contribution in [3.8, 4) is 0 Å². The van der Waals surface area contributed by atoms with Crippen LogP contribution in [0.15, 0.2) is 29.3 Å². The Kier molecular flexibility index (Phi) is 5.73. The quantitative estimate of drug-likeness (QED) is 0.678. The number of nitrogens with zero attached hydrogens (tertiary/aromatic N) is 2. The summed E-state index contributed by atoms with van der Waals surface area (Å²) < 4.78 is 0. The second kappa shape index (κ2) is 8.01. The second-order valence-corrected chi connectivity index (χ2v) is 8.53. The molecule has 136 valence electrons. The first-order chi connectivity index (χ1) is 12.5. The molecule has 26 heavy (non-hydrogen) atoms. The number of nitrogens with one attached hydrogen (secondary N) is 2. The molecule has 0 radical (unpaired) electrons. The SMILES string of the molecule is Cc1sc2nc(CSC(C)C(=O)NCc3ccncc3)[nH]c(=O)c2c1C. The topological polar surface area (TPSA) is 87.7 Å². The largest absolute Gasteiger partial charge is 0.351 e. The number of thioether (sulfide) groups is 1. The maximum absolute atomic E-state index is 12.3. The van der Waals surface area contributed by atoms with E-state index in [1.807, 2.05) is 32.9 Å². The summed E-state index contributed by atoms with van der Waals surface area (Å²) in [4.78, 5) is 37.7. The summed E-state index contributed by atoms with van der Waals surface area (Å²) in [6, 6.07) is 3.74. The summed E-state index contributed by atoms with van der Waals surface area (Å²) in [7, 11) is 0. The molecule has 6 nitrogen and oxygen atoms in total. The van der Waals surface area contributed by atoms with Gasteiger partial charge in [0.25, 0.3) is 5.56 Å². The summed E-state index contributed by atoms with van der Waals surface area (Å²) in [5.41, 5.74) is 1.88. The first-order valence-electron chi connectivity index (χ1n) is 8.23. The van der Waals surface area contributed by atoms with Gasteiger partial charge in [-0.15, -0.1) is 23.1 Å². The van der Waals surface area contributed by atoms with Crippen LogP contribution in [0.2, 0.25) is 0 Å². The number of aryl methyl sites for hydroxylation is 2. The lowest BCUT2D eigenvalue weighted by Crippen LogP contribution is -2.30. The first-order valence-corrected chi connectivity index (χ1v) is 10.1. The Morgan fingerprint density at radius 2 is 2.08 bits per heavy atom. The zero-order valence-corrected chi connectivity index (χ0v) is 16.5. The van der Waals surface area contributed by atoms with E-state index in [1.54, 1.807) is 12.4 Å². The fourth-order valence-electron chi connectivity index (χ4n) is 2.48. The molecule has 3 aromatic heterocycles. The number of rotatable bonds is 6. The number of carbonyl (C=O) groups is 1. The third kappa shape index (κ3) is 4.13. The highest BCUT2D eigenvalue weighted by Crippen LogP contribution is 2.26. The lowest BCUT2D eigenvalue weighted by Gasteiger charge is -2.11. The Labute approximate surface area is 159 Å². The predicted octanol–water partition coefficient (Wildman–Crippen LogP) is 2.93. The molecule has 3 heterocycles. The molecule has 0 aliphatic rings. The van der Waals surface area contributed by atoms with Gasteiger partial charge in [-0.05, 0) is 44.0 Å². The molecule has 0 saturated heterocycles. The second-order valence-electron chi connectivity index (χ2n) is 6.00. The van der Waals surface area contributed by atoms with Crippen LogP contribution in [0, 0.1) is 13.8 Å². The van der Waals surface area contributed by atoms with Crippen molar-refractivity contribution in [3.63, 3.8) is 0 Å². The van der Waals surface area contributed by atoms with E-state index in [2.05, 4.69) is 20.3 Å². The van der Waals surface area contributed by atoms with Crippen molar-refractivity contribution < 1.29 is 4.79 Å². The number of amides is 1. The van der Waals surface area contributed by atoms with Crippen LogP contribution in [0.5, 0.6) is 0 Å². The van der Waals surface area contributed by atoms with Crippen LogP contribution in [-0.2, 0) is 17.1 Å². The molecule has 0 saturated carbocycles. The van der Waals surface area contributed by atoms with Gasteiger partial charge < -0.3 is 10.3 Å². The van der Waals surface area contributed by atoms with Crippen molar-refractivity contribution in [2.75, 3.05) is 0 Å². The molecular weight excluding hydrogens is 368 g/mol. The van der Waals surface area contributed by atoms with Crippen LogP contribution < -0.4 is 10.9 Å². The minimum Gasteiger partial charge on any atom is -0.351 e. The van der Waals surface area contributed by atoms with Crippen LogP contribution in [0.1, 0.15) is 28.8 Å². The van der Waals surface area contributed by atoms with E-state index in [4.69, 9.17) is 0 Å². The van der Waals surface area contributed by atoms with E-state index in [9.17, 15) is 9.59 Å². The molecule has 0 aliphatic heterocycles. The molecule has 8 heteroatoms. The molecule has 0 bridgehead atoms. The summed E-state index contributed by atoms with van der Waals surface area (Å²) in [6.07, 6.45) is 3.40. The van der Waals surface area contributed by atoms with Crippen LogP contribution in [0.25, 0.3) is 10.2 Å². The normalized spacial score (nSPS) is 12.3. The van der Waals surface area contributed by atoms with E-state index in [1.165, 1.54) is 23.1 Å². The van der Waals surface area contributed by atoms with Gasteiger partial charge in [-0.2, -0.15) is 0 Å². The van der Waals surface area contributed by atoms with E-state index in [0.29, 0.717) is 23.5 Å². The van der Waals surface area contributed by atoms with Gasteiger partial charge in [-0.25, -0.2) is 4.98 Å². The third-order valence-electron chi connectivity index (χ3n) is 4.14. The summed E-state index contributed by atoms with van der Waals surface area (Å²) in [5.74, 6) is 1.03. The number of aromatic amines is 1. The number of hydrogen-bond donors (Lipinski definition) is 2. The minimum absolute atomic E-state index is 0.0435. The molecule has 0 aliphatic carbocycles. The van der Waals surface area contributed by atoms with Crippen molar-refractivity contribution in [2.24, 2.45) is 0 Å². The zero-order valence-electron chi connectivity index (χ0n) is 14.8. The van der Waals surface area contributed by atoms with Gasteiger partial charge >= 0.3 is 0 Å². The number of H-pyrrole nitrogens is 1. The maximum Gasteiger partial charge on any atom is 0.259 e. The molecule has 1 amide bonds. The van der Waals surface area contributed by atoms with Crippen LogP contribution in [-0.4, -0.2) is 26.1 Å². The average Bonchev–Trinajstić information content (AvgIpc) is 2.92. The number of pyridine rings is 1. The number of thiophene rings is 1. The van der Waals surface area contributed by atoms with Gasteiger partial charge in [0.15, 0.2) is 0 Å². The Balaban J connectivity index is 1.60. The van der Waals surface area contributed by atoms with Crippen molar-refractivity contribution in [3.05, 3.63) is 56.7 Å². The van der Waals surface area contributed by atoms with Gasteiger partial charge in [0, 0.05) is 23.8 Å². The minimum atomic E-state index is -0.246. The molecule has 1 atom stereocenters. The fourth-order valence-corrected chi connectivity index (χ4v) is 4.31. The molecule has 3 aromatic rings. The monoisotopic (exact) mass is 388 g/mol. The van der Waals surface area contributed by atoms with Crippen molar-refractivity contribution in [1.29, 1.82) is 0 Å². The number of carbonyl (C=O) groups excluding carboxylic acids is 1. The van der Waals surface area contributed by atoms with Crippen molar-refractivity contribution in [1.82, 2.24) is 20.3 Å². The highest BCUT2D eigenvalue weighted by Gasteiger charge is 2.16. The molecule has 0 aromatic carbocycles. The zero-order chi connectivity index (χ0) is 18.7. The Bertz CT molecular complexity index is 982. The average molecular weight is 389 g/mol. The Hall–Kier alpha value is -2.19. The van der Waals surface area contributed by atoms with Crippen LogP contribution in [0.3, 0.4) is 0 Å². The highest BCUT2D eigenvalue weighted by molar-refractivity contribution is 7.99. The van der Waals surface area contributed by atoms with E-state index >= 15 is 0 Å². The molecule has 1 unspecified atom stereocenters. The van der Waals surface area contributed by atoms with Gasteiger partial charge in [0.1, 0.15) is 10.7 Å². The molecule has 0 fully saturated rings.